The molecule has 102 valence electrons. The molecule has 1 atom stereocenters. The fourth-order valence-electron chi connectivity index (χ4n) is 1.99. The number of carbonyl (C=O) groups excluding carboxylic acids is 1. The van der Waals surface area contributed by atoms with Crippen molar-refractivity contribution in [2.45, 2.75) is 33.4 Å². The maximum Gasteiger partial charge on any atom is 0.245 e. The normalized spacial score (nSPS) is 12.4. The van der Waals surface area contributed by atoms with Gasteiger partial charge in [0.25, 0.3) is 0 Å². The Morgan fingerprint density at radius 2 is 2.26 bits per heavy atom. The zero-order valence-electron chi connectivity index (χ0n) is 11.6. The minimum atomic E-state index is -0.270. The third kappa shape index (κ3) is 2.67. The van der Waals surface area contributed by atoms with Gasteiger partial charge in [-0.3, -0.25) is 4.79 Å². The fourth-order valence-corrected chi connectivity index (χ4v) is 1.99. The molecule has 0 aliphatic rings. The van der Waals surface area contributed by atoms with Gasteiger partial charge in [-0.25, -0.2) is 4.98 Å². The Labute approximate surface area is 112 Å². The SMILES string of the molecule is Cc1noc(C)c1CN(C)C(=O)C(C)n1ccnc1. The molecule has 1 amide bonds. The summed E-state index contributed by atoms with van der Waals surface area (Å²) >= 11 is 0. The largest absolute Gasteiger partial charge is 0.361 e. The summed E-state index contributed by atoms with van der Waals surface area (Å²) < 4.78 is 6.89. The van der Waals surface area contributed by atoms with Crippen LogP contribution in [0.15, 0.2) is 23.2 Å². The molecule has 0 aliphatic carbocycles. The number of hydrogen-bond donors (Lipinski definition) is 0. The van der Waals surface area contributed by atoms with Crippen molar-refractivity contribution in [3.05, 3.63) is 35.7 Å². The van der Waals surface area contributed by atoms with Crippen molar-refractivity contribution < 1.29 is 9.32 Å². The number of nitrogens with zero attached hydrogens (tertiary/aromatic N) is 4. The molecule has 2 heterocycles. The molecule has 0 N–H and O–H groups in total. The van der Waals surface area contributed by atoms with Crippen molar-refractivity contribution in [3.8, 4) is 0 Å². The van der Waals surface area contributed by atoms with Crippen molar-refractivity contribution in [3.63, 3.8) is 0 Å². The van der Waals surface area contributed by atoms with Gasteiger partial charge >= 0.3 is 0 Å². The summed E-state index contributed by atoms with van der Waals surface area (Å²) in [7, 11) is 1.78. The summed E-state index contributed by atoms with van der Waals surface area (Å²) in [6.45, 7) is 6.09. The number of aryl methyl sites for hydroxylation is 2. The lowest BCUT2D eigenvalue weighted by atomic mass is 10.2. The molecule has 0 aliphatic heterocycles. The summed E-state index contributed by atoms with van der Waals surface area (Å²) in [6.07, 6.45) is 5.09. The molecule has 0 bridgehead atoms. The first-order valence-corrected chi connectivity index (χ1v) is 6.15. The highest BCUT2D eigenvalue weighted by molar-refractivity contribution is 5.79. The van der Waals surface area contributed by atoms with Crippen LogP contribution in [0.3, 0.4) is 0 Å². The molecule has 2 aromatic rings. The van der Waals surface area contributed by atoms with E-state index in [0.717, 1.165) is 17.0 Å². The Morgan fingerprint density at radius 1 is 1.53 bits per heavy atom. The van der Waals surface area contributed by atoms with Crippen molar-refractivity contribution in [2.24, 2.45) is 0 Å². The van der Waals surface area contributed by atoms with Gasteiger partial charge in [-0.05, 0) is 20.8 Å². The average molecular weight is 262 g/mol. The number of likely N-dealkylation sites (N-methyl/N-ethyl adjacent to an activating group) is 1. The molecule has 6 nitrogen and oxygen atoms in total. The Bertz CT molecular complexity index is 540. The molecule has 2 aromatic heterocycles. The van der Waals surface area contributed by atoms with E-state index in [0.29, 0.717) is 6.54 Å². The molecule has 0 fully saturated rings. The Balaban J connectivity index is 2.08. The highest BCUT2D eigenvalue weighted by Crippen LogP contribution is 2.16. The lowest BCUT2D eigenvalue weighted by Crippen LogP contribution is -2.32. The topological polar surface area (TPSA) is 64.2 Å². The summed E-state index contributed by atoms with van der Waals surface area (Å²) in [4.78, 5) is 18.0. The van der Waals surface area contributed by atoms with Crippen LogP contribution in [-0.4, -0.2) is 32.6 Å². The summed E-state index contributed by atoms with van der Waals surface area (Å²) in [5.41, 5.74) is 1.79. The summed E-state index contributed by atoms with van der Waals surface area (Å²) in [5.74, 6) is 0.783. The van der Waals surface area contributed by atoms with E-state index in [9.17, 15) is 4.79 Å². The van der Waals surface area contributed by atoms with Crippen LogP contribution in [0.4, 0.5) is 0 Å². The Morgan fingerprint density at radius 3 is 2.79 bits per heavy atom. The van der Waals surface area contributed by atoms with Crippen molar-refractivity contribution in [1.82, 2.24) is 19.6 Å². The quantitative estimate of drug-likeness (QED) is 0.841. The molecule has 0 saturated carbocycles. The van der Waals surface area contributed by atoms with Crippen molar-refractivity contribution in [2.75, 3.05) is 7.05 Å². The van der Waals surface area contributed by atoms with Gasteiger partial charge in [-0.15, -0.1) is 0 Å². The standard InChI is InChI=1S/C13H18N4O2/c1-9-12(11(3)19-15-9)7-16(4)13(18)10(2)17-6-5-14-8-17/h5-6,8,10H,7H2,1-4H3. The van der Waals surface area contributed by atoms with Crippen LogP contribution in [0.25, 0.3) is 0 Å². The zero-order chi connectivity index (χ0) is 14.0. The summed E-state index contributed by atoms with van der Waals surface area (Å²) in [6, 6.07) is -0.270. The number of carbonyl (C=O) groups is 1. The maximum atomic E-state index is 12.3. The Hall–Kier alpha value is -2.11. The van der Waals surface area contributed by atoms with Crippen LogP contribution in [-0.2, 0) is 11.3 Å². The molecule has 0 spiro atoms. The van der Waals surface area contributed by atoms with E-state index in [-0.39, 0.29) is 11.9 Å². The predicted molar refractivity (Wildman–Crippen MR) is 69.4 cm³/mol. The van der Waals surface area contributed by atoms with Crippen LogP contribution >= 0.6 is 0 Å². The Kier molecular flexibility index (Phi) is 3.69. The molecule has 0 aromatic carbocycles. The number of amides is 1. The smallest absolute Gasteiger partial charge is 0.245 e. The summed E-state index contributed by atoms with van der Waals surface area (Å²) in [5, 5.41) is 3.90. The first-order valence-electron chi connectivity index (χ1n) is 6.15. The number of rotatable bonds is 4. The second-order valence-corrected chi connectivity index (χ2v) is 4.68. The lowest BCUT2D eigenvalue weighted by Gasteiger charge is -2.22. The third-order valence-corrected chi connectivity index (χ3v) is 3.28. The highest BCUT2D eigenvalue weighted by atomic mass is 16.5. The van der Waals surface area contributed by atoms with E-state index in [1.54, 1.807) is 35.2 Å². The third-order valence-electron chi connectivity index (χ3n) is 3.28. The molecule has 0 saturated heterocycles. The molecule has 1 unspecified atom stereocenters. The van der Waals surface area contributed by atoms with Gasteiger partial charge < -0.3 is 14.0 Å². The van der Waals surface area contributed by atoms with Gasteiger partial charge in [-0.2, -0.15) is 0 Å². The minimum Gasteiger partial charge on any atom is -0.361 e. The van der Waals surface area contributed by atoms with E-state index < -0.39 is 0 Å². The molecule has 6 heteroatoms. The number of imidazole rings is 1. The van der Waals surface area contributed by atoms with Gasteiger partial charge in [0.15, 0.2) is 0 Å². The molecular formula is C13H18N4O2. The molecule has 2 rings (SSSR count). The van der Waals surface area contributed by atoms with Crippen molar-refractivity contribution in [1.29, 1.82) is 0 Å². The van der Waals surface area contributed by atoms with E-state index in [1.165, 1.54) is 0 Å². The first kappa shape index (κ1) is 13.3. The highest BCUT2D eigenvalue weighted by Gasteiger charge is 2.21. The van der Waals surface area contributed by atoms with Crippen LogP contribution in [0.2, 0.25) is 0 Å². The van der Waals surface area contributed by atoms with E-state index >= 15 is 0 Å². The van der Waals surface area contributed by atoms with Gasteiger partial charge in [-0.1, -0.05) is 5.16 Å². The monoisotopic (exact) mass is 262 g/mol. The van der Waals surface area contributed by atoms with Crippen LogP contribution in [0.5, 0.6) is 0 Å². The van der Waals surface area contributed by atoms with Gasteiger partial charge in [0.1, 0.15) is 11.8 Å². The average Bonchev–Trinajstić information content (AvgIpc) is 3.02. The molecule has 0 radical (unpaired) electrons. The van der Waals surface area contributed by atoms with Crippen LogP contribution in [0, 0.1) is 13.8 Å². The van der Waals surface area contributed by atoms with E-state index in [2.05, 4.69) is 10.1 Å². The minimum absolute atomic E-state index is 0.0259. The lowest BCUT2D eigenvalue weighted by molar-refractivity contribution is -0.133. The zero-order valence-corrected chi connectivity index (χ0v) is 11.6. The van der Waals surface area contributed by atoms with E-state index in [4.69, 9.17) is 4.52 Å². The maximum absolute atomic E-state index is 12.3. The van der Waals surface area contributed by atoms with Crippen LogP contribution < -0.4 is 0 Å². The first-order chi connectivity index (χ1) is 9.00. The van der Waals surface area contributed by atoms with Gasteiger partial charge in [0, 0.05) is 25.0 Å². The molecule has 19 heavy (non-hydrogen) atoms. The van der Waals surface area contributed by atoms with Gasteiger partial charge in [0.2, 0.25) is 5.91 Å². The van der Waals surface area contributed by atoms with Crippen molar-refractivity contribution >= 4 is 5.91 Å². The molecular weight excluding hydrogens is 244 g/mol. The second-order valence-electron chi connectivity index (χ2n) is 4.68. The fraction of sp³-hybridized carbons (Fsp3) is 0.462. The van der Waals surface area contributed by atoms with Gasteiger partial charge in [0.05, 0.1) is 18.6 Å². The van der Waals surface area contributed by atoms with Crippen LogP contribution in [0.1, 0.15) is 30.0 Å². The second kappa shape index (κ2) is 5.26. The number of aromatic nitrogens is 3. The number of hydrogen-bond acceptors (Lipinski definition) is 4. The predicted octanol–water partition coefficient (Wildman–Crippen LogP) is 1.71. The van der Waals surface area contributed by atoms with E-state index in [1.807, 2.05) is 20.8 Å².